The number of aryl methyl sites for hydroxylation is 2. The van der Waals surface area contributed by atoms with Gasteiger partial charge in [0, 0.05) is 22.3 Å². The summed E-state index contributed by atoms with van der Waals surface area (Å²) in [6.07, 6.45) is 35.7. The van der Waals surface area contributed by atoms with E-state index in [1.165, 1.54) is 169 Å². The van der Waals surface area contributed by atoms with Crippen molar-refractivity contribution < 1.29 is 4.70 Å². The zero-order chi connectivity index (χ0) is 34.9. The molecule has 2 aromatic carbocycles. The van der Waals surface area contributed by atoms with Crippen molar-refractivity contribution >= 4 is 11.4 Å². The molecule has 0 atom stereocenters. The molecule has 49 heavy (non-hydrogen) atoms. The Kier molecular flexibility index (Phi) is 21.3. The molecular weight excluding hydrogens is 593 g/mol. The third-order valence-corrected chi connectivity index (χ3v) is 10.7. The Hall–Kier alpha value is -2.48. The number of nitrogens with zero attached hydrogens (tertiary/aromatic N) is 2. The molecule has 2 nitrogen and oxygen atoms in total. The van der Waals surface area contributed by atoms with Gasteiger partial charge in [-0.05, 0) is 75.3 Å². The van der Waals surface area contributed by atoms with Crippen LogP contribution in [-0.4, -0.2) is 4.70 Å². The predicted octanol–water partition coefficient (Wildman–Crippen LogP) is 15.9. The van der Waals surface area contributed by atoms with Crippen molar-refractivity contribution in [2.75, 3.05) is 0 Å². The lowest BCUT2D eigenvalue weighted by Crippen LogP contribution is -2.03. The molecule has 0 aliphatic carbocycles. The fourth-order valence-electron chi connectivity index (χ4n) is 7.76. The minimum atomic E-state index is 1.01. The zero-order valence-corrected chi connectivity index (χ0v) is 32.6. The van der Waals surface area contributed by atoms with Crippen LogP contribution in [0.25, 0.3) is 16.9 Å². The van der Waals surface area contributed by atoms with Crippen molar-refractivity contribution in [1.82, 2.24) is 0 Å². The third-order valence-electron chi connectivity index (χ3n) is 10.7. The van der Waals surface area contributed by atoms with Crippen LogP contribution in [0, 0.1) is 6.92 Å². The lowest BCUT2D eigenvalue weighted by Gasteiger charge is -2.11. The smallest absolute Gasteiger partial charge is 0.211 e. The van der Waals surface area contributed by atoms with E-state index in [2.05, 4.69) is 76.2 Å². The van der Waals surface area contributed by atoms with E-state index in [1.54, 1.807) is 4.70 Å². The number of benzene rings is 2. The third kappa shape index (κ3) is 15.1. The van der Waals surface area contributed by atoms with Crippen molar-refractivity contribution in [3.63, 3.8) is 0 Å². The number of hydrogen-bond donors (Lipinski definition) is 0. The Bertz CT molecular complexity index is 1260. The summed E-state index contributed by atoms with van der Waals surface area (Å²) in [5, 5.41) is 0. The Morgan fingerprint density at radius 2 is 0.816 bits per heavy atom. The molecule has 3 rings (SSSR count). The van der Waals surface area contributed by atoms with E-state index in [1.807, 2.05) is 0 Å². The average Bonchev–Trinajstić information content (AvgIpc) is 3.39. The molecule has 0 radical (unpaired) electrons. The first-order valence-electron chi connectivity index (χ1n) is 21.2. The van der Waals surface area contributed by atoms with Gasteiger partial charge in [-0.1, -0.05) is 185 Å². The minimum Gasteiger partial charge on any atom is -0.493 e. The van der Waals surface area contributed by atoms with Gasteiger partial charge in [0.25, 0.3) is 0 Å². The lowest BCUT2D eigenvalue weighted by molar-refractivity contribution is -0.345. The SMILES string of the molecule is CCCCCCCCCCCCCCCCCCc1cccc(C2=C(CCCCCCCC)C(CCCC)=C(c3cccc(C)c3)[N+]2=[N-])c1. The molecule has 0 saturated heterocycles. The van der Waals surface area contributed by atoms with E-state index in [0.717, 1.165) is 49.1 Å². The largest absolute Gasteiger partial charge is 0.493 e. The first-order chi connectivity index (χ1) is 24.1. The van der Waals surface area contributed by atoms with E-state index in [4.69, 9.17) is 0 Å². The second kappa shape index (κ2) is 25.5. The maximum Gasteiger partial charge on any atom is 0.211 e. The maximum atomic E-state index is 12.0. The van der Waals surface area contributed by atoms with Crippen molar-refractivity contribution in [2.45, 2.75) is 201 Å². The molecule has 1 aliphatic rings. The fraction of sp³-hybridized carbons (Fsp3) is 0.660. The standard InChI is InChI=1S/C47H74N2/c1-5-8-11-13-15-16-17-18-19-20-21-22-23-24-25-27-32-41-33-30-35-43(39-41)47-45(37-28-26-14-12-9-6-2)44(36-10-7-3)46(49(47)48)42-34-29-31-40(4)38-42/h29-31,33-35,38-39H,5-28,32,36-37H2,1-4H3. The van der Waals surface area contributed by atoms with E-state index in [0.29, 0.717) is 0 Å². The summed E-state index contributed by atoms with van der Waals surface area (Å²) < 4.78 is 1.57. The molecule has 1 heterocycles. The Morgan fingerprint density at radius 3 is 1.29 bits per heavy atom. The number of unbranched alkanes of at least 4 members (excludes halogenated alkanes) is 21. The van der Waals surface area contributed by atoms with Crippen LogP contribution in [-0.2, 0) is 6.42 Å². The summed E-state index contributed by atoms with van der Waals surface area (Å²) in [7, 11) is 0. The fourth-order valence-corrected chi connectivity index (χ4v) is 7.76. The van der Waals surface area contributed by atoms with Crippen LogP contribution < -0.4 is 0 Å². The van der Waals surface area contributed by atoms with Gasteiger partial charge in [-0.3, -0.25) is 0 Å². The highest BCUT2D eigenvalue weighted by atomic mass is 15.2. The van der Waals surface area contributed by atoms with Gasteiger partial charge < -0.3 is 5.53 Å². The Morgan fingerprint density at radius 1 is 0.429 bits per heavy atom. The van der Waals surface area contributed by atoms with Gasteiger partial charge in [0.05, 0.1) is 0 Å². The molecule has 272 valence electrons. The summed E-state index contributed by atoms with van der Waals surface area (Å²) in [5.41, 5.74) is 21.7. The summed E-state index contributed by atoms with van der Waals surface area (Å²) in [6.45, 7) is 9.02. The van der Waals surface area contributed by atoms with Crippen LogP contribution in [0.4, 0.5) is 0 Å². The van der Waals surface area contributed by atoms with Gasteiger partial charge in [-0.2, -0.15) is 0 Å². The molecule has 2 heteroatoms. The highest BCUT2D eigenvalue weighted by Gasteiger charge is 2.35. The maximum absolute atomic E-state index is 12.0. The molecule has 0 aromatic heterocycles. The summed E-state index contributed by atoms with van der Waals surface area (Å²) in [5.74, 6) is 0. The summed E-state index contributed by atoms with van der Waals surface area (Å²) in [4.78, 5) is 0. The number of rotatable bonds is 29. The molecule has 2 aromatic rings. The van der Waals surface area contributed by atoms with Crippen molar-refractivity contribution in [3.8, 4) is 0 Å². The Balaban J connectivity index is 1.54. The summed E-state index contributed by atoms with van der Waals surface area (Å²) in [6, 6.07) is 17.8. The molecule has 0 spiro atoms. The van der Waals surface area contributed by atoms with E-state index in [-0.39, 0.29) is 0 Å². The predicted molar refractivity (Wildman–Crippen MR) is 216 cm³/mol. The molecule has 1 aliphatic heterocycles. The van der Waals surface area contributed by atoms with Crippen LogP contribution in [0.3, 0.4) is 0 Å². The van der Waals surface area contributed by atoms with Gasteiger partial charge in [-0.15, -0.1) is 0 Å². The van der Waals surface area contributed by atoms with Crippen molar-refractivity contribution in [1.29, 1.82) is 0 Å². The van der Waals surface area contributed by atoms with Crippen LogP contribution in [0.1, 0.15) is 210 Å². The first-order valence-corrected chi connectivity index (χ1v) is 21.2. The molecule has 0 N–H and O–H groups in total. The van der Waals surface area contributed by atoms with Crippen molar-refractivity contribution in [2.24, 2.45) is 0 Å². The van der Waals surface area contributed by atoms with E-state index in [9.17, 15) is 5.53 Å². The van der Waals surface area contributed by atoms with Gasteiger partial charge in [-0.25, -0.2) is 4.70 Å². The molecule has 0 bridgehead atoms. The van der Waals surface area contributed by atoms with Crippen LogP contribution in [0.5, 0.6) is 0 Å². The number of hydrogen-bond acceptors (Lipinski definition) is 0. The average molecular weight is 667 g/mol. The van der Waals surface area contributed by atoms with Crippen molar-refractivity contribution in [3.05, 3.63) is 87.5 Å². The highest BCUT2D eigenvalue weighted by molar-refractivity contribution is 5.82. The van der Waals surface area contributed by atoms with Crippen LogP contribution >= 0.6 is 0 Å². The Labute approximate surface area is 303 Å². The molecular formula is C47H74N2. The zero-order valence-electron chi connectivity index (χ0n) is 32.6. The van der Waals surface area contributed by atoms with Gasteiger partial charge >= 0.3 is 0 Å². The molecule has 0 amide bonds. The molecule has 0 unspecified atom stereocenters. The minimum absolute atomic E-state index is 1.01. The normalized spacial score (nSPS) is 13.3. The van der Waals surface area contributed by atoms with E-state index < -0.39 is 0 Å². The molecule has 0 saturated carbocycles. The highest BCUT2D eigenvalue weighted by Crippen LogP contribution is 2.44. The first kappa shape index (κ1) is 40.9. The summed E-state index contributed by atoms with van der Waals surface area (Å²) >= 11 is 0. The van der Waals surface area contributed by atoms with Gasteiger partial charge in [0.1, 0.15) is 0 Å². The van der Waals surface area contributed by atoms with E-state index >= 15 is 0 Å². The monoisotopic (exact) mass is 667 g/mol. The lowest BCUT2D eigenvalue weighted by atomic mass is 9.91. The number of allylic oxidation sites excluding steroid dienone is 2. The topological polar surface area (TPSA) is 25.3 Å². The quantitative estimate of drug-likeness (QED) is 0.0610. The second-order valence-corrected chi connectivity index (χ2v) is 15.2. The second-order valence-electron chi connectivity index (χ2n) is 15.2. The van der Waals surface area contributed by atoms with Gasteiger partial charge in [0.2, 0.25) is 11.4 Å². The van der Waals surface area contributed by atoms with Gasteiger partial charge in [0.15, 0.2) is 0 Å². The van der Waals surface area contributed by atoms with Crippen LogP contribution in [0.2, 0.25) is 0 Å². The van der Waals surface area contributed by atoms with Crippen LogP contribution in [0.15, 0.2) is 59.7 Å². The molecule has 0 fully saturated rings.